The number of nitrogens with zero attached hydrogens (tertiary/aromatic N) is 3. The maximum absolute atomic E-state index is 13.6. The molecule has 0 aliphatic rings. The van der Waals surface area contributed by atoms with Gasteiger partial charge in [-0.2, -0.15) is 0 Å². The van der Waals surface area contributed by atoms with Gasteiger partial charge in [0.25, 0.3) is 11.5 Å². The highest BCUT2D eigenvalue weighted by atomic mass is 16.2. The fraction of sp³-hybridized carbons (Fsp3) is 0.276. The molecule has 5 heteroatoms. The van der Waals surface area contributed by atoms with E-state index >= 15 is 0 Å². The predicted octanol–water partition coefficient (Wildman–Crippen LogP) is 5.57. The van der Waals surface area contributed by atoms with Crippen molar-refractivity contribution >= 4 is 16.8 Å². The van der Waals surface area contributed by atoms with Crippen LogP contribution in [-0.2, 0) is 12.0 Å². The number of amides is 1. The third kappa shape index (κ3) is 4.51. The normalized spacial score (nSPS) is 11.6. The minimum Gasteiger partial charge on any atom is -0.334 e. The number of carbonyl (C=O) groups is 1. The van der Waals surface area contributed by atoms with Crippen LogP contribution in [0, 0.1) is 13.8 Å². The molecule has 0 unspecified atom stereocenters. The summed E-state index contributed by atoms with van der Waals surface area (Å²) in [4.78, 5) is 33.2. The molecule has 3 aromatic carbocycles. The Kier molecular flexibility index (Phi) is 6.13. The number of hydrogen-bond acceptors (Lipinski definition) is 3. The van der Waals surface area contributed by atoms with Crippen LogP contribution in [0.15, 0.2) is 71.5 Å². The Morgan fingerprint density at radius 1 is 0.971 bits per heavy atom. The number of para-hydroxylation sites is 1. The summed E-state index contributed by atoms with van der Waals surface area (Å²) in [7, 11) is 1.74. The molecule has 174 valence electrons. The Balaban J connectivity index is 1.76. The third-order valence-corrected chi connectivity index (χ3v) is 6.16. The fourth-order valence-electron chi connectivity index (χ4n) is 4.21. The minimum absolute atomic E-state index is 0.0183. The van der Waals surface area contributed by atoms with Crippen molar-refractivity contribution in [3.8, 4) is 5.69 Å². The maximum atomic E-state index is 13.6. The lowest BCUT2D eigenvalue weighted by atomic mass is 9.86. The highest BCUT2D eigenvalue weighted by Crippen LogP contribution is 2.23. The van der Waals surface area contributed by atoms with E-state index in [1.165, 1.54) is 5.56 Å². The van der Waals surface area contributed by atoms with Crippen molar-refractivity contribution in [1.82, 2.24) is 14.5 Å². The Morgan fingerprint density at radius 2 is 1.65 bits per heavy atom. The lowest BCUT2D eigenvalue weighted by Crippen LogP contribution is -2.32. The second kappa shape index (κ2) is 8.90. The van der Waals surface area contributed by atoms with Gasteiger partial charge < -0.3 is 4.90 Å². The summed E-state index contributed by atoms with van der Waals surface area (Å²) in [6.45, 7) is 10.7. The number of hydrogen-bond donors (Lipinski definition) is 0. The maximum Gasteiger partial charge on any atom is 0.266 e. The second-order valence-corrected chi connectivity index (χ2v) is 9.96. The third-order valence-electron chi connectivity index (χ3n) is 6.16. The lowest BCUT2D eigenvalue weighted by Gasteiger charge is -2.22. The average molecular weight is 454 g/mol. The van der Waals surface area contributed by atoms with Gasteiger partial charge in [-0.1, -0.05) is 62.7 Å². The molecule has 0 saturated carbocycles. The van der Waals surface area contributed by atoms with Gasteiger partial charge in [0.1, 0.15) is 5.82 Å². The molecule has 5 nitrogen and oxygen atoms in total. The first-order valence-corrected chi connectivity index (χ1v) is 11.5. The summed E-state index contributed by atoms with van der Waals surface area (Å²) in [5, 5.41) is 0.554. The summed E-state index contributed by atoms with van der Waals surface area (Å²) in [6.07, 6.45) is 0. The van der Waals surface area contributed by atoms with Crippen LogP contribution in [0.3, 0.4) is 0 Å². The van der Waals surface area contributed by atoms with Gasteiger partial charge in [-0.25, -0.2) is 4.98 Å². The molecular formula is C29H31N3O2. The van der Waals surface area contributed by atoms with E-state index < -0.39 is 0 Å². The first-order chi connectivity index (χ1) is 16.1. The number of rotatable bonds is 4. The number of carbonyl (C=O) groups excluding carboxylic acids is 1. The van der Waals surface area contributed by atoms with Crippen molar-refractivity contribution in [1.29, 1.82) is 0 Å². The SMILES string of the molecule is Cc1ccc(-n2c(CN(C)C(=O)c3ccc(C(C)(C)C)cc3)nc3ccccc3c2=O)c(C)c1. The summed E-state index contributed by atoms with van der Waals surface area (Å²) < 4.78 is 1.64. The van der Waals surface area contributed by atoms with Gasteiger partial charge in [0.05, 0.1) is 23.1 Å². The molecule has 0 aliphatic carbocycles. The molecule has 0 atom stereocenters. The minimum atomic E-state index is -0.136. The lowest BCUT2D eigenvalue weighted by molar-refractivity contribution is 0.0780. The first kappa shape index (κ1) is 23.4. The number of aryl methyl sites for hydroxylation is 2. The van der Waals surface area contributed by atoms with Crippen LogP contribution in [0.25, 0.3) is 16.6 Å². The van der Waals surface area contributed by atoms with Crippen molar-refractivity contribution < 1.29 is 4.79 Å². The highest BCUT2D eigenvalue weighted by Gasteiger charge is 2.20. The molecule has 1 amide bonds. The van der Waals surface area contributed by atoms with Gasteiger partial charge in [-0.3, -0.25) is 14.2 Å². The van der Waals surface area contributed by atoms with Gasteiger partial charge in [0.2, 0.25) is 0 Å². The van der Waals surface area contributed by atoms with Crippen LogP contribution in [0.5, 0.6) is 0 Å². The predicted molar refractivity (Wildman–Crippen MR) is 138 cm³/mol. The van der Waals surface area contributed by atoms with E-state index in [-0.39, 0.29) is 23.4 Å². The zero-order chi connectivity index (χ0) is 24.6. The number of benzene rings is 3. The van der Waals surface area contributed by atoms with Gasteiger partial charge >= 0.3 is 0 Å². The molecule has 1 aromatic heterocycles. The van der Waals surface area contributed by atoms with E-state index in [1.807, 2.05) is 74.5 Å². The van der Waals surface area contributed by atoms with E-state index in [4.69, 9.17) is 4.98 Å². The van der Waals surface area contributed by atoms with Crippen molar-refractivity contribution in [2.75, 3.05) is 7.05 Å². The van der Waals surface area contributed by atoms with Crippen LogP contribution >= 0.6 is 0 Å². The van der Waals surface area contributed by atoms with Crippen molar-refractivity contribution in [3.63, 3.8) is 0 Å². The first-order valence-electron chi connectivity index (χ1n) is 11.5. The van der Waals surface area contributed by atoms with Crippen molar-refractivity contribution in [2.45, 2.75) is 46.6 Å². The Bertz CT molecular complexity index is 1430. The molecule has 34 heavy (non-hydrogen) atoms. The topological polar surface area (TPSA) is 55.2 Å². The molecule has 0 fully saturated rings. The second-order valence-electron chi connectivity index (χ2n) is 9.96. The van der Waals surface area contributed by atoms with Crippen LogP contribution in [0.1, 0.15) is 53.6 Å². The van der Waals surface area contributed by atoms with Gasteiger partial charge in [-0.05, 0) is 60.7 Å². The van der Waals surface area contributed by atoms with Crippen molar-refractivity contribution in [2.24, 2.45) is 0 Å². The van der Waals surface area contributed by atoms with Crippen LogP contribution in [-0.4, -0.2) is 27.4 Å². The van der Waals surface area contributed by atoms with Crippen LogP contribution in [0.4, 0.5) is 0 Å². The molecule has 4 rings (SSSR count). The fourth-order valence-corrected chi connectivity index (χ4v) is 4.21. The Morgan fingerprint density at radius 3 is 2.29 bits per heavy atom. The van der Waals surface area contributed by atoms with E-state index in [0.717, 1.165) is 16.8 Å². The van der Waals surface area contributed by atoms with Gasteiger partial charge in [0.15, 0.2) is 0 Å². The Hall–Kier alpha value is -3.73. The van der Waals surface area contributed by atoms with E-state index in [1.54, 1.807) is 22.6 Å². The van der Waals surface area contributed by atoms with Gasteiger partial charge in [0, 0.05) is 12.6 Å². The smallest absolute Gasteiger partial charge is 0.266 e. The number of aromatic nitrogens is 2. The van der Waals surface area contributed by atoms with Crippen molar-refractivity contribution in [3.05, 3.63) is 105 Å². The zero-order valence-electron chi connectivity index (χ0n) is 20.7. The summed E-state index contributed by atoms with van der Waals surface area (Å²) in [5.74, 6) is 0.410. The molecule has 4 aromatic rings. The van der Waals surface area contributed by atoms with E-state index in [2.05, 4.69) is 20.8 Å². The zero-order valence-corrected chi connectivity index (χ0v) is 20.7. The summed E-state index contributed by atoms with van der Waals surface area (Å²) in [5.41, 5.74) is 5.16. The Labute approximate surface area is 200 Å². The summed E-state index contributed by atoms with van der Waals surface area (Å²) >= 11 is 0. The quantitative estimate of drug-likeness (QED) is 0.406. The van der Waals surface area contributed by atoms with Gasteiger partial charge in [-0.15, -0.1) is 0 Å². The average Bonchev–Trinajstić information content (AvgIpc) is 2.79. The molecule has 0 aliphatic heterocycles. The molecular weight excluding hydrogens is 422 g/mol. The highest BCUT2D eigenvalue weighted by molar-refractivity contribution is 5.94. The molecule has 0 N–H and O–H groups in total. The molecule has 0 bridgehead atoms. The molecule has 1 heterocycles. The monoisotopic (exact) mass is 453 g/mol. The number of fused-ring (bicyclic) bond motifs is 1. The largest absolute Gasteiger partial charge is 0.334 e. The standard InChI is InChI=1S/C29H31N3O2/c1-19-11-16-25(20(2)17-19)32-26(30-24-10-8-7-9-23(24)28(32)34)18-31(6)27(33)21-12-14-22(15-13-21)29(3,4)5/h7-17H,18H2,1-6H3. The summed E-state index contributed by atoms with van der Waals surface area (Å²) in [6, 6.07) is 21.0. The molecule has 0 spiro atoms. The van der Waals surface area contributed by atoms with Crippen LogP contribution < -0.4 is 5.56 Å². The molecule has 0 saturated heterocycles. The molecule has 0 radical (unpaired) electrons. The van der Waals surface area contributed by atoms with Crippen LogP contribution in [0.2, 0.25) is 0 Å². The van der Waals surface area contributed by atoms with E-state index in [0.29, 0.717) is 22.3 Å². The van der Waals surface area contributed by atoms with E-state index in [9.17, 15) is 9.59 Å².